The van der Waals surface area contributed by atoms with Crippen molar-refractivity contribution in [2.75, 3.05) is 13.1 Å². The summed E-state index contributed by atoms with van der Waals surface area (Å²) in [7, 11) is 0. The number of aromatic nitrogens is 2. The van der Waals surface area contributed by atoms with Crippen LogP contribution in [0.4, 0.5) is 0 Å². The van der Waals surface area contributed by atoms with E-state index in [0.717, 1.165) is 17.7 Å². The van der Waals surface area contributed by atoms with Gasteiger partial charge in [0.15, 0.2) is 5.69 Å². The lowest BCUT2D eigenvalue weighted by atomic mass is 9.96. The van der Waals surface area contributed by atoms with E-state index in [0.29, 0.717) is 25.2 Å². The third-order valence-electron chi connectivity index (χ3n) is 3.89. The lowest BCUT2D eigenvalue weighted by molar-refractivity contribution is -0.128. The van der Waals surface area contributed by atoms with Gasteiger partial charge in [0.05, 0.1) is 6.04 Å². The molecule has 2 heterocycles. The third-order valence-corrected chi connectivity index (χ3v) is 3.89. The van der Waals surface area contributed by atoms with E-state index in [9.17, 15) is 9.59 Å². The molecule has 22 heavy (non-hydrogen) atoms. The Bertz CT molecular complexity index is 571. The van der Waals surface area contributed by atoms with E-state index in [2.05, 4.69) is 36.3 Å². The molecule has 0 bridgehead atoms. The Balaban J connectivity index is 1.98. The molecule has 1 aliphatic rings. The Morgan fingerprint density at radius 1 is 1.45 bits per heavy atom. The predicted octanol–water partition coefficient (Wildman–Crippen LogP) is 1.66. The molecule has 0 spiro atoms. The monoisotopic (exact) mass is 306 g/mol. The molecule has 1 aromatic heterocycles. The van der Waals surface area contributed by atoms with Crippen LogP contribution < -0.4 is 5.32 Å². The quantitative estimate of drug-likeness (QED) is 0.888. The van der Waals surface area contributed by atoms with Crippen molar-refractivity contribution in [1.82, 2.24) is 20.4 Å². The molecule has 2 N–H and O–H groups in total. The van der Waals surface area contributed by atoms with Crippen LogP contribution in [-0.2, 0) is 11.2 Å². The van der Waals surface area contributed by atoms with Crippen LogP contribution in [0, 0.1) is 12.3 Å². The smallest absolute Gasteiger partial charge is 0.272 e. The first-order valence-corrected chi connectivity index (χ1v) is 7.83. The molecule has 0 saturated carbocycles. The van der Waals surface area contributed by atoms with Gasteiger partial charge in [-0.2, -0.15) is 5.10 Å². The van der Waals surface area contributed by atoms with Crippen LogP contribution in [0.5, 0.6) is 0 Å². The molecule has 1 saturated heterocycles. The minimum atomic E-state index is -0.205. The van der Waals surface area contributed by atoms with Gasteiger partial charge in [0, 0.05) is 30.8 Å². The van der Waals surface area contributed by atoms with Gasteiger partial charge in [0.25, 0.3) is 5.91 Å². The summed E-state index contributed by atoms with van der Waals surface area (Å²) in [6.07, 6.45) is 1.18. The molecule has 0 radical (unpaired) electrons. The molecule has 6 heteroatoms. The standard InChI is InChI=1S/C16H26N4O2/c1-6-12-10(2)14(19-18-12)15(22)17-11-7-13(21)20(8-11)9-16(3,4)5/h11H,6-9H2,1-5H3,(H,17,22)(H,18,19). The number of aromatic amines is 1. The summed E-state index contributed by atoms with van der Waals surface area (Å²) in [6, 6.07) is -0.136. The van der Waals surface area contributed by atoms with Crippen molar-refractivity contribution in [1.29, 1.82) is 0 Å². The van der Waals surface area contributed by atoms with Crippen molar-refractivity contribution in [3.05, 3.63) is 17.0 Å². The number of carbonyl (C=O) groups is 2. The first-order chi connectivity index (χ1) is 10.2. The third kappa shape index (κ3) is 3.67. The van der Waals surface area contributed by atoms with Crippen LogP contribution in [0.1, 0.15) is 55.9 Å². The fourth-order valence-corrected chi connectivity index (χ4v) is 2.85. The van der Waals surface area contributed by atoms with Gasteiger partial charge in [0.2, 0.25) is 5.91 Å². The van der Waals surface area contributed by atoms with Crippen LogP contribution in [0.25, 0.3) is 0 Å². The lowest BCUT2D eigenvalue weighted by Gasteiger charge is -2.26. The number of H-pyrrole nitrogens is 1. The van der Waals surface area contributed by atoms with Gasteiger partial charge >= 0.3 is 0 Å². The maximum Gasteiger partial charge on any atom is 0.272 e. The van der Waals surface area contributed by atoms with Crippen molar-refractivity contribution in [2.45, 2.75) is 53.5 Å². The Kier molecular flexibility index (Phi) is 4.58. The Labute approximate surface area is 131 Å². The molecular formula is C16H26N4O2. The van der Waals surface area contributed by atoms with Crippen molar-refractivity contribution in [3.8, 4) is 0 Å². The molecule has 1 aromatic rings. The van der Waals surface area contributed by atoms with Crippen molar-refractivity contribution >= 4 is 11.8 Å². The summed E-state index contributed by atoms with van der Waals surface area (Å²) in [5.41, 5.74) is 2.35. The number of likely N-dealkylation sites (tertiary alicyclic amines) is 1. The Morgan fingerprint density at radius 3 is 2.68 bits per heavy atom. The van der Waals surface area contributed by atoms with Gasteiger partial charge in [-0.3, -0.25) is 14.7 Å². The molecule has 1 atom stereocenters. The summed E-state index contributed by atoms with van der Waals surface area (Å²) in [4.78, 5) is 26.2. The number of nitrogens with zero attached hydrogens (tertiary/aromatic N) is 2. The topological polar surface area (TPSA) is 78.1 Å². The molecule has 2 amide bonds. The molecule has 0 aliphatic carbocycles. The number of hydrogen-bond acceptors (Lipinski definition) is 3. The molecule has 2 rings (SSSR count). The number of nitrogens with one attached hydrogen (secondary N) is 2. The Hall–Kier alpha value is -1.85. The molecule has 122 valence electrons. The van der Waals surface area contributed by atoms with E-state index in [4.69, 9.17) is 0 Å². The summed E-state index contributed by atoms with van der Waals surface area (Å²) < 4.78 is 0. The largest absolute Gasteiger partial charge is 0.346 e. The van der Waals surface area contributed by atoms with Crippen LogP contribution in [0.2, 0.25) is 0 Å². The van der Waals surface area contributed by atoms with Gasteiger partial charge in [0.1, 0.15) is 0 Å². The summed E-state index contributed by atoms with van der Waals surface area (Å²) in [5.74, 6) is -0.0999. The summed E-state index contributed by atoms with van der Waals surface area (Å²) in [5, 5.41) is 9.92. The first kappa shape index (κ1) is 16.5. The van der Waals surface area contributed by atoms with Crippen LogP contribution in [0.15, 0.2) is 0 Å². The van der Waals surface area contributed by atoms with Gasteiger partial charge in [-0.15, -0.1) is 0 Å². The summed E-state index contributed by atoms with van der Waals surface area (Å²) >= 11 is 0. The molecule has 0 aromatic carbocycles. The highest BCUT2D eigenvalue weighted by molar-refractivity contribution is 5.94. The maximum atomic E-state index is 12.3. The first-order valence-electron chi connectivity index (χ1n) is 7.83. The van der Waals surface area contributed by atoms with E-state index < -0.39 is 0 Å². The van der Waals surface area contributed by atoms with E-state index in [1.165, 1.54) is 0 Å². The van der Waals surface area contributed by atoms with Gasteiger partial charge in [-0.1, -0.05) is 27.7 Å². The van der Waals surface area contributed by atoms with Crippen LogP contribution in [-0.4, -0.2) is 46.0 Å². The number of carbonyl (C=O) groups excluding carboxylic acids is 2. The minimum absolute atomic E-state index is 0.0589. The van der Waals surface area contributed by atoms with Gasteiger partial charge < -0.3 is 10.2 Å². The van der Waals surface area contributed by atoms with Crippen LogP contribution >= 0.6 is 0 Å². The molecular weight excluding hydrogens is 280 g/mol. The molecule has 6 nitrogen and oxygen atoms in total. The average molecular weight is 306 g/mol. The summed E-state index contributed by atoms with van der Waals surface area (Å²) in [6.45, 7) is 11.5. The zero-order valence-electron chi connectivity index (χ0n) is 14.1. The van der Waals surface area contributed by atoms with E-state index in [1.807, 2.05) is 18.7 Å². The molecule has 1 aliphatic heterocycles. The fraction of sp³-hybridized carbons (Fsp3) is 0.688. The van der Waals surface area contributed by atoms with Gasteiger partial charge in [-0.25, -0.2) is 0 Å². The fourth-order valence-electron chi connectivity index (χ4n) is 2.85. The number of aryl methyl sites for hydroxylation is 1. The SMILES string of the molecule is CCc1[nH]nc(C(=O)NC2CC(=O)N(CC(C)(C)C)C2)c1C. The van der Waals surface area contributed by atoms with E-state index in [-0.39, 0.29) is 23.3 Å². The number of amides is 2. The maximum absolute atomic E-state index is 12.3. The Morgan fingerprint density at radius 2 is 2.14 bits per heavy atom. The highest BCUT2D eigenvalue weighted by atomic mass is 16.2. The minimum Gasteiger partial charge on any atom is -0.346 e. The second kappa shape index (κ2) is 6.10. The number of rotatable bonds is 4. The number of hydrogen-bond donors (Lipinski definition) is 2. The second-order valence-electron chi connectivity index (χ2n) is 7.24. The zero-order valence-corrected chi connectivity index (χ0v) is 14.1. The average Bonchev–Trinajstić information content (AvgIpc) is 2.91. The molecule has 1 unspecified atom stereocenters. The highest BCUT2D eigenvalue weighted by Crippen LogP contribution is 2.20. The second-order valence-corrected chi connectivity index (χ2v) is 7.24. The van der Waals surface area contributed by atoms with Crippen molar-refractivity contribution < 1.29 is 9.59 Å². The van der Waals surface area contributed by atoms with Crippen molar-refractivity contribution in [2.24, 2.45) is 5.41 Å². The highest BCUT2D eigenvalue weighted by Gasteiger charge is 2.33. The molecule has 1 fully saturated rings. The zero-order chi connectivity index (χ0) is 16.5. The van der Waals surface area contributed by atoms with Crippen LogP contribution in [0.3, 0.4) is 0 Å². The van der Waals surface area contributed by atoms with E-state index in [1.54, 1.807) is 0 Å². The van der Waals surface area contributed by atoms with E-state index >= 15 is 0 Å². The van der Waals surface area contributed by atoms with Gasteiger partial charge in [-0.05, 0) is 18.8 Å². The van der Waals surface area contributed by atoms with Crippen molar-refractivity contribution in [3.63, 3.8) is 0 Å². The lowest BCUT2D eigenvalue weighted by Crippen LogP contribution is -2.39. The predicted molar refractivity (Wildman–Crippen MR) is 84.6 cm³/mol. The normalized spacial score (nSPS) is 18.9.